The molecular weight excluding hydrogens is 256 g/mol. The first kappa shape index (κ1) is 10.9. The summed E-state index contributed by atoms with van der Waals surface area (Å²) in [5, 5.41) is 4.08. The lowest BCUT2D eigenvalue weighted by atomic mass is 9.99. The molecule has 0 N–H and O–H groups in total. The van der Waals surface area contributed by atoms with Crippen LogP contribution in [0.1, 0.15) is 36.7 Å². The average molecular weight is 271 g/mol. The van der Waals surface area contributed by atoms with Crippen LogP contribution in [0.5, 0.6) is 0 Å². The number of nitrogens with zero attached hydrogens (tertiary/aromatic N) is 2. The molecule has 1 aliphatic rings. The van der Waals surface area contributed by atoms with E-state index >= 15 is 0 Å². The number of ketones is 1. The van der Waals surface area contributed by atoms with Crippen LogP contribution in [0, 0.1) is 11.8 Å². The van der Waals surface area contributed by atoms with Gasteiger partial charge in [-0.1, -0.05) is 6.92 Å². The summed E-state index contributed by atoms with van der Waals surface area (Å²) in [7, 11) is 1.82. The molecule has 0 aromatic carbocycles. The lowest BCUT2D eigenvalue weighted by Crippen LogP contribution is -2.16. The summed E-state index contributed by atoms with van der Waals surface area (Å²) < 4.78 is 2.48. The van der Waals surface area contributed by atoms with Crippen LogP contribution in [0.3, 0.4) is 0 Å². The second-order valence-corrected chi connectivity index (χ2v) is 5.30. The maximum Gasteiger partial charge on any atom is 0.185 e. The van der Waals surface area contributed by atoms with Crippen LogP contribution in [0.25, 0.3) is 0 Å². The number of halogens is 1. The van der Waals surface area contributed by atoms with Gasteiger partial charge in [-0.2, -0.15) is 5.10 Å². The molecule has 2 unspecified atom stereocenters. The molecule has 0 aliphatic heterocycles. The summed E-state index contributed by atoms with van der Waals surface area (Å²) in [6.07, 6.45) is 4.91. The van der Waals surface area contributed by atoms with Gasteiger partial charge in [-0.25, -0.2) is 0 Å². The van der Waals surface area contributed by atoms with Gasteiger partial charge in [0, 0.05) is 13.0 Å². The smallest absolute Gasteiger partial charge is 0.185 e. The normalized spacial score (nSPS) is 25.8. The van der Waals surface area contributed by atoms with Crippen molar-refractivity contribution in [3.05, 3.63) is 16.4 Å². The molecule has 1 saturated carbocycles. The Bertz CT molecular complexity index is 366. The van der Waals surface area contributed by atoms with Gasteiger partial charge in [0.25, 0.3) is 0 Å². The van der Waals surface area contributed by atoms with Gasteiger partial charge >= 0.3 is 0 Å². The first-order valence-corrected chi connectivity index (χ1v) is 6.10. The molecule has 82 valence electrons. The van der Waals surface area contributed by atoms with Crippen molar-refractivity contribution in [1.82, 2.24) is 9.78 Å². The number of aryl methyl sites for hydroxylation is 1. The highest BCUT2D eigenvalue weighted by molar-refractivity contribution is 9.10. The molecule has 1 aliphatic carbocycles. The van der Waals surface area contributed by atoms with Crippen LogP contribution in [0.4, 0.5) is 0 Å². The monoisotopic (exact) mass is 270 g/mol. The average Bonchev–Trinajstić information content (AvgIpc) is 2.73. The van der Waals surface area contributed by atoms with Crippen LogP contribution in [-0.2, 0) is 7.05 Å². The van der Waals surface area contributed by atoms with E-state index in [9.17, 15) is 4.79 Å². The molecule has 1 aromatic heterocycles. The SMILES string of the molecule is CC1CCC(C(=O)c2c(Br)cnn2C)C1. The Morgan fingerprint density at radius 3 is 2.80 bits per heavy atom. The van der Waals surface area contributed by atoms with Crippen LogP contribution in [-0.4, -0.2) is 15.6 Å². The van der Waals surface area contributed by atoms with E-state index in [1.54, 1.807) is 10.9 Å². The van der Waals surface area contributed by atoms with Crippen molar-refractivity contribution in [3.8, 4) is 0 Å². The van der Waals surface area contributed by atoms with Crippen molar-refractivity contribution in [1.29, 1.82) is 0 Å². The molecule has 3 nitrogen and oxygen atoms in total. The molecule has 2 atom stereocenters. The third-order valence-corrected chi connectivity index (χ3v) is 3.77. The molecule has 1 fully saturated rings. The topological polar surface area (TPSA) is 34.9 Å². The van der Waals surface area contributed by atoms with Gasteiger partial charge in [0.15, 0.2) is 5.78 Å². The van der Waals surface area contributed by atoms with Crippen molar-refractivity contribution in [2.45, 2.75) is 26.2 Å². The number of carbonyl (C=O) groups excluding carboxylic acids is 1. The first-order chi connectivity index (χ1) is 7.09. The Balaban J connectivity index is 2.21. The van der Waals surface area contributed by atoms with Crippen LogP contribution < -0.4 is 0 Å². The van der Waals surface area contributed by atoms with Crippen LogP contribution in [0.2, 0.25) is 0 Å². The van der Waals surface area contributed by atoms with Crippen molar-refractivity contribution >= 4 is 21.7 Å². The van der Waals surface area contributed by atoms with E-state index in [1.165, 1.54) is 6.42 Å². The quantitative estimate of drug-likeness (QED) is 0.775. The second kappa shape index (κ2) is 4.08. The summed E-state index contributed by atoms with van der Waals surface area (Å²) in [6, 6.07) is 0. The first-order valence-electron chi connectivity index (χ1n) is 5.31. The Morgan fingerprint density at radius 2 is 2.33 bits per heavy atom. The van der Waals surface area contributed by atoms with Gasteiger partial charge in [0.1, 0.15) is 5.69 Å². The number of hydrogen-bond donors (Lipinski definition) is 0. The summed E-state index contributed by atoms with van der Waals surface area (Å²) >= 11 is 3.38. The molecule has 0 saturated heterocycles. The maximum atomic E-state index is 12.2. The van der Waals surface area contributed by atoms with E-state index in [0.717, 1.165) is 17.3 Å². The Morgan fingerprint density at radius 1 is 1.60 bits per heavy atom. The number of aromatic nitrogens is 2. The van der Waals surface area contributed by atoms with Gasteiger partial charge in [-0.3, -0.25) is 9.48 Å². The highest BCUT2D eigenvalue weighted by Crippen LogP contribution is 2.33. The summed E-state index contributed by atoms with van der Waals surface area (Å²) in [6.45, 7) is 2.21. The number of rotatable bonds is 2. The minimum Gasteiger partial charge on any atom is -0.292 e. The zero-order chi connectivity index (χ0) is 11.0. The molecule has 0 radical (unpaired) electrons. The van der Waals surface area contributed by atoms with Gasteiger partial charge in [0.05, 0.1) is 10.7 Å². The number of Topliss-reactive ketones (excluding diaryl/α,β-unsaturated/α-hetero) is 1. The molecule has 0 amide bonds. The fourth-order valence-corrected chi connectivity index (χ4v) is 2.87. The molecule has 0 spiro atoms. The van der Waals surface area contributed by atoms with Crippen molar-refractivity contribution in [2.24, 2.45) is 18.9 Å². The molecule has 4 heteroatoms. The summed E-state index contributed by atoms with van der Waals surface area (Å²) in [5.41, 5.74) is 0.717. The summed E-state index contributed by atoms with van der Waals surface area (Å²) in [4.78, 5) is 12.2. The van der Waals surface area contributed by atoms with Crippen molar-refractivity contribution < 1.29 is 4.79 Å². The second-order valence-electron chi connectivity index (χ2n) is 4.44. The van der Waals surface area contributed by atoms with Gasteiger partial charge < -0.3 is 0 Å². The Hall–Kier alpha value is -0.640. The lowest BCUT2D eigenvalue weighted by Gasteiger charge is -2.08. The summed E-state index contributed by atoms with van der Waals surface area (Å²) in [5.74, 6) is 1.13. The van der Waals surface area contributed by atoms with Gasteiger partial charge in [0.2, 0.25) is 0 Å². The van der Waals surface area contributed by atoms with Gasteiger partial charge in [-0.05, 0) is 41.1 Å². The van der Waals surface area contributed by atoms with E-state index in [4.69, 9.17) is 0 Å². The van der Waals surface area contributed by atoms with Crippen molar-refractivity contribution in [2.75, 3.05) is 0 Å². The molecular formula is C11H15BrN2O. The highest BCUT2D eigenvalue weighted by Gasteiger charge is 2.30. The minimum atomic E-state index is 0.201. The molecule has 1 heterocycles. The number of carbonyl (C=O) groups is 1. The van der Waals surface area contributed by atoms with Gasteiger partial charge in [-0.15, -0.1) is 0 Å². The zero-order valence-electron chi connectivity index (χ0n) is 9.03. The third kappa shape index (κ3) is 2.00. The minimum absolute atomic E-state index is 0.201. The third-order valence-electron chi connectivity index (χ3n) is 3.19. The van der Waals surface area contributed by atoms with Crippen molar-refractivity contribution in [3.63, 3.8) is 0 Å². The standard InChI is InChI=1S/C11H15BrN2O/c1-7-3-4-8(5-7)11(15)10-9(12)6-13-14(10)2/h6-8H,3-5H2,1-2H3. The van der Waals surface area contributed by atoms with Crippen LogP contribution in [0.15, 0.2) is 10.7 Å². The van der Waals surface area contributed by atoms with E-state index in [0.29, 0.717) is 11.6 Å². The zero-order valence-corrected chi connectivity index (χ0v) is 10.6. The predicted molar refractivity (Wildman–Crippen MR) is 61.7 cm³/mol. The molecule has 1 aromatic rings. The van der Waals surface area contributed by atoms with E-state index in [2.05, 4.69) is 28.0 Å². The van der Waals surface area contributed by atoms with Crippen LogP contribution >= 0.6 is 15.9 Å². The van der Waals surface area contributed by atoms with E-state index in [-0.39, 0.29) is 11.7 Å². The Kier molecular flexibility index (Phi) is 2.96. The van der Waals surface area contributed by atoms with E-state index < -0.39 is 0 Å². The Labute approximate surface area is 98.0 Å². The molecule has 2 rings (SSSR count). The largest absolute Gasteiger partial charge is 0.292 e. The van der Waals surface area contributed by atoms with E-state index in [1.807, 2.05) is 7.05 Å². The number of hydrogen-bond acceptors (Lipinski definition) is 2. The highest BCUT2D eigenvalue weighted by atomic mass is 79.9. The predicted octanol–water partition coefficient (Wildman–Crippen LogP) is 2.80. The maximum absolute atomic E-state index is 12.2. The fourth-order valence-electron chi connectivity index (χ4n) is 2.33. The molecule has 0 bridgehead atoms. The molecule has 15 heavy (non-hydrogen) atoms. The lowest BCUT2D eigenvalue weighted by molar-refractivity contribution is 0.0910. The fraction of sp³-hybridized carbons (Fsp3) is 0.636.